The molecule has 1 saturated heterocycles. The van der Waals surface area contributed by atoms with Gasteiger partial charge in [-0.15, -0.1) is 0 Å². The first-order valence-corrected chi connectivity index (χ1v) is 11.5. The number of hydrogen-bond donors (Lipinski definition) is 1. The summed E-state index contributed by atoms with van der Waals surface area (Å²) in [5, 5.41) is 3.07. The van der Waals surface area contributed by atoms with Gasteiger partial charge in [0.25, 0.3) is 5.91 Å². The lowest BCUT2D eigenvalue weighted by molar-refractivity contribution is -0.147. The van der Waals surface area contributed by atoms with E-state index in [0.717, 1.165) is 50.3 Å². The van der Waals surface area contributed by atoms with Crippen LogP contribution in [0.25, 0.3) is 0 Å². The van der Waals surface area contributed by atoms with E-state index >= 15 is 0 Å². The summed E-state index contributed by atoms with van der Waals surface area (Å²) in [6.07, 6.45) is 8.90. The molecule has 0 unspecified atom stereocenters. The second kappa shape index (κ2) is 11.0. The number of benzene rings is 1. The zero-order chi connectivity index (χ0) is 20.5. The molecule has 3 rings (SSSR count). The van der Waals surface area contributed by atoms with Gasteiger partial charge in [0.05, 0.1) is 6.61 Å². The molecule has 0 radical (unpaired) electrons. The van der Waals surface area contributed by atoms with Crippen LogP contribution < -0.4 is 10.1 Å². The normalized spacial score (nSPS) is 25.5. The third-order valence-electron chi connectivity index (χ3n) is 6.24. The van der Waals surface area contributed by atoms with Crippen molar-refractivity contribution in [2.45, 2.75) is 70.8 Å². The maximum absolute atomic E-state index is 13.0. The summed E-state index contributed by atoms with van der Waals surface area (Å²) in [7, 11) is 0. The third-order valence-corrected chi connectivity index (χ3v) is 6.24. The summed E-state index contributed by atoms with van der Waals surface area (Å²) >= 11 is 0. The van der Waals surface area contributed by atoms with Gasteiger partial charge in [-0.2, -0.15) is 0 Å². The number of hydrogen-bond acceptors (Lipinski definition) is 4. The molecule has 1 aliphatic carbocycles. The van der Waals surface area contributed by atoms with Gasteiger partial charge in [0.2, 0.25) is 0 Å². The fraction of sp³-hybridized carbons (Fsp3) is 0.708. The largest absolute Gasteiger partial charge is 0.494 e. The number of rotatable bonds is 9. The molecule has 0 aromatic heterocycles. The van der Waals surface area contributed by atoms with Crippen molar-refractivity contribution in [3.8, 4) is 5.75 Å². The van der Waals surface area contributed by atoms with Gasteiger partial charge in [-0.3, -0.25) is 4.79 Å². The molecule has 1 N–H and O–H groups in total. The van der Waals surface area contributed by atoms with E-state index in [1.165, 1.54) is 38.8 Å². The number of ether oxygens (including phenoxy) is 2. The first-order chi connectivity index (χ1) is 14.1. The number of likely N-dealkylation sites (tertiary alicyclic amines) is 1. The summed E-state index contributed by atoms with van der Waals surface area (Å²) in [5.41, 5.74) is 0.115. The fourth-order valence-corrected chi connectivity index (χ4v) is 4.72. The molecule has 162 valence electrons. The predicted octanol–water partition coefficient (Wildman–Crippen LogP) is 4.87. The number of nitrogens with zero attached hydrogens (tertiary/aromatic N) is 1. The van der Waals surface area contributed by atoms with Crippen LogP contribution in [0, 0.1) is 5.92 Å². The maximum Gasteiger partial charge on any atom is 0.256 e. The van der Waals surface area contributed by atoms with Crippen LogP contribution in [0.15, 0.2) is 24.3 Å². The summed E-state index contributed by atoms with van der Waals surface area (Å²) in [6, 6.07) is 7.72. The Hall–Kier alpha value is -1.59. The van der Waals surface area contributed by atoms with E-state index in [2.05, 4.69) is 17.1 Å². The predicted molar refractivity (Wildman–Crippen MR) is 117 cm³/mol. The quantitative estimate of drug-likeness (QED) is 0.599. The minimum atomic E-state index is -0.684. The highest BCUT2D eigenvalue weighted by molar-refractivity contribution is 5.97. The zero-order valence-corrected chi connectivity index (χ0v) is 18.3. The standard InChI is InChI=1S/C24H38N2O3/c1-3-29-24(14-7-9-20(2)19-24)23(27)25-21-10-12-22(13-11-21)28-18-8-17-26-15-5-4-6-16-26/h10-13,20H,3-9,14-19H2,1-2H3,(H,25,27)/t20-,24-/m0/s1. The molecular formula is C24H38N2O3. The first kappa shape index (κ1) is 22.1. The molecule has 1 saturated carbocycles. The fourth-order valence-electron chi connectivity index (χ4n) is 4.72. The summed E-state index contributed by atoms with van der Waals surface area (Å²) in [5.74, 6) is 1.36. The molecule has 1 amide bonds. The van der Waals surface area contributed by atoms with Crippen molar-refractivity contribution in [1.29, 1.82) is 0 Å². The topological polar surface area (TPSA) is 50.8 Å². The molecule has 5 nitrogen and oxygen atoms in total. The molecular weight excluding hydrogens is 364 g/mol. The van der Waals surface area contributed by atoms with E-state index < -0.39 is 5.60 Å². The van der Waals surface area contributed by atoms with Crippen LogP contribution in [0.3, 0.4) is 0 Å². The molecule has 5 heteroatoms. The number of carbonyl (C=O) groups is 1. The number of anilines is 1. The maximum atomic E-state index is 13.0. The van der Waals surface area contributed by atoms with E-state index in [4.69, 9.17) is 9.47 Å². The minimum Gasteiger partial charge on any atom is -0.494 e. The van der Waals surface area contributed by atoms with Gasteiger partial charge in [-0.25, -0.2) is 0 Å². The van der Waals surface area contributed by atoms with E-state index in [0.29, 0.717) is 12.5 Å². The number of amides is 1. The summed E-state index contributed by atoms with van der Waals surface area (Å²) in [4.78, 5) is 15.5. The minimum absolute atomic E-state index is 0.0129. The van der Waals surface area contributed by atoms with Crippen molar-refractivity contribution in [1.82, 2.24) is 4.90 Å². The van der Waals surface area contributed by atoms with Crippen LogP contribution in [0.2, 0.25) is 0 Å². The molecule has 1 heterocycles. The Labute approximate surface area is 176 Å². The van der Waals surface area contributed by atoms with Crippen LogP contribution in [0.4, 0.5) is 5.69 Å². The Morgan fingerprint density at radius 2 is 1.93 bits per heavy atom. The van der Waals surface area contributed by atoms with Crippen molar-refractivity contribution in [2.75, 3.05) is 38.2 Å². The van der Waals surface area contributed by atoms with E-state index in [-0.39, 0.29) is 5.91 Å². The van der Waals surface area contributed by atoms with Gasteiger partial charge in [0.15, 0.2) is 0 Å². The highest BCUT2D eigenvalue weighted by Gasteiger charge is 2.42. The van der Waals surface area contributed by atoms with Crippen molar-refractivity contribution in [2.24, 2.45) is 5.92 Å². The number of carbonyl (C=O) groups excluding carboxylic acids is 1. The molecule has 2 aliphatic rings. The second-order valence-corrected chi connectivity index (χ2v) is 8.71. The van der Waals surface area contributed by atoms with Gasteiger partial charge in [-0.1, -0.05) is 19.8 Å². The lowest BCUT2D eigenvalue weighted by atomic mass is 9.78. The van der Waals surface area contributed by atoms with Gasteiger partial charge < -0.3 is 19.7 Å². The van der Waals surface area contributed by atoms with Crippen molar-refractivity contribution < 1.29 is 14.3 Å². The Kier molecular flexibility index (Phi) is 8.37. The zero-order valence-electron chi connectivity index (χ0n) is 18.3. The van der Waals surface area contributed by atoms with Crippen LogP contribution in [0.5, 0.6) is 5.75 Å². The van der Waals surface area contributed by atoms with Crippen LogP contribution in [-0.2, 0) is 9.53 Å². The van der Waals surface area contributed by atoms with Crippen molar-refractivity contribution in [3.05, 3.63) is 24.3 Å². The molecule has 2 atom stereocenters. The SMILES string of the molecule is CCO[C@@]1(C(=O)Nc2ccc(OCCCN3CCCCC3)cc2)CCC[C@H](C)C1. The van der Waals surface area contributed by atoms with Gasteiger partial charge in [0, 0.05) is 18.8 Å². The highest BCUT2D eigenvalue weighted by Crippen LogP contribution is 2.36. The number of piperidine rings is 1. The van der Waals surface area contributed by atoms with Crippen LogP contribution >= 0.6 is 0 Å². The average molecular weight is 403 g/mol. The highest BCUT2D eigenvalue weighted by atomic mass is 16.5. The van der Waals surface area contributed by atoms with E-state index in [9.17, 15) is 4.79 Å². The molecule has 0 bridgehead atoms. The molecule has 1 aliphatic heterocycles. The number of nitrogens with one attached hydrogen (secondary N) is 1. The van der Waals surface area contributed by atoms with Gasteiger partial charge >= 0.3 is 0 Å². The lowest BCUT2D eigenvalue weighted by Crippen LogP contribution is -2.48. The molecule has 2 fully saturated rings. The first-order valence-electron chi connectivity index (χ1n) is 11.5. The summed E-state index contributed by atoms with van der Waals surface area (Å²) < 4.78 is 11.9. The smallest absolute Gasteiger partial charge is 0.256 e. The van der Waals surface area contributed by atoms with Gasteiger partial charge in [0.1, 0.15) is 11.4 Å². The Bertz CT molecular complexity index is 624. The van der Waals surface area contributed by atoms with E-state index in [1.54, 1.807) is 0 Å². The molecule has 1 aromatic carbocycles. The second-order valence-electron chi connectivity index (χ2n) is 8.71. The average Bonchev–Trinajstić information content (AvgIpc) is 2.73. The third kappa shape index (κ3) is 6.45. The molecule has 0 spiro atoms. The van der Waals surface area contributed by atoms with Crippen LogP contribution in [-0.4, -0.2) is 49.3 Å². The van der Waals surface area contributed by atoms with Crippen LogP contribution in [0.1, 0.15) is 65.2 Å². The van der Waals surface area contributed by atoms with E-state index in [1.807, 2.05) is 31.2 Å². The monoisotopic (exact) mass is 402 g/mol. The lowest BCUT2D eigenvalue weighted by Gasteiger charge is -2.38. The molecule has 29 heavy (non-hydrogen) atoms. The Morgan fingerprint density at radius 1 is 1.17 bits per heavy atom. The Balaban J connectivity index is 1.45. The van der Waals surface area contributed by atoms with Crippen molar-refractivity contribution >= 4 is 11.6 Å². The Morgan fingerprint density at radius 3 is 2.62 bits per heavy atom. The summed E-state index contributed by atoms with van der Waals surface area (Å²) in [6.45, 7) is 9.04. The molecule has 1 aromatic rings. The van der Waals surface area contributed by atoms with Crippen molar-refractivity contribution in [3.63, 3.8) is 0 Å². The van der Waals surface area contributed by atoms with Gasteiger partial charge in [-0.05, 0) is 88.7 Å².